The van der Waals surface area contributed by atoms with Gasteiger partial charge >= 0.3 is 0 Å². The first kappa shape index (κ1) is 15.3. The maximum atomic E-state index is 9.78. The standard InChI is InChI=1S/C22H14O2/c23-21-11-5-3-9-19(21)15-13-17-7-1-2-8-18(17)14-16-20-10-4-6-12-22(20)24/h1-12,23-24H. The number of phenolic OH excluding ortho intramolecular Hbond substituents is 2. The smallest absolute Gasteiger partial charge is 0.131 e. The second-order valence-electron chi connectivity index (χ2n) is 5.08. The fourth-order valence-corrected chi connectivity index (χ4v) is 2.13. The summed E-state index contributed by atoms with van der Waals surface area (Å²) in [4.78, 5) is 0. The quantitative estimate of drug-likeness (QED) is 0.618. The van der Waals surface area contributed by atoms with Crippen molar-refractivity contribution in [2.45, 2.75) is 0 Å². The number of phenols is 2. The summed E-state index contributed by atoms with van der Waals surface area (Å²) in [6.07, 6.45) is 0. The third kappa shape index (κ3) is 3.58. The maximum absolute atomic E-state index is 9.78. The highest BCUT2D eigenvalue weighted by Crippen LogP contribution is 2.16. The zero-order valence-corrected chi connectivity index (χ0v) is 12.8. The van der Waals surface area contributed by atoms with Crippen LogP contribution in [0.4, 0.5) is 0 Å². The monoisotopic (exact) mass is 310 g/mol. The van der Waals surface area contributed by atoms with E-state index in [0.29, 0.717) is 11.1 Å². The van der Waals surface area contributed by atoms with Crippen molar-refractivity contribution in [1.29, 1.82) is 0 Å². The third-order valence-electron chi connectivity index (χ3n) is 3.40. The molecular formula is C22H14O2. The topological polar surface area (TPSA) is 40.5 Å². The van der Waals surface area contributed by atoms with Gasteiger partial charge < -0.3 is 10.2 Å². The van der Waals surface area contributed by atoms with Gasteiger partial charge in [-0.2, -0.15) is 0 Å². The van der Waals surface area contributed by atoms with Gasteiger partial charge in [0.25, 0.3) is 0 Å². The van der Waals surface area contributed by atoms with Gasteiger partial charge in [0.1, 0.15) is 11.5 Å². The van der Waals surface area contributed by atoms with Gasteiger partial charge in [0, 0.05) is 11.1 Å². The van der Waals surface area contributed by atoms with E-state index in [-0.39, 0.29) is 11.5 Å². The number of para-hydroxylation sites is 2. The molecule has 0 atom stereocenters. The molecule has 3 aromatic rings. The molecule has 0 aliphatic rings. The van der Waals surface area contributed by atoms with Crippen molar-refractivity contribution in [2.75, 3.05) is 0 Å². The zero-order valence-electron chi connectivity index (χ0n) is 12.8. The van der Waals surface area contributed by atoms with Crippen LogP contribution in [0.15, 0.2) is 72.8 Å². The molecule has 0 heterocycles. The first-order valence-electron chi connectivity index (χ1n) is 7.43. The minimum absolute atomic E-state index is 0.155. The van der Waals surface area contributed by atoms with Crippen LogP contribution in [-0.4, -0.2) is 10.2 Å². The van der Waals surface area contributed by atoms with Gasteiger partial charge in [0.15, 0.2) is 0 Å². The highest BCUT2D eigenvalue weighted by molar-refractivity contribution is 5.57. The molecule has 0 aromatic heterocycles. The Bertz CT molecular complexity index is 913. The fraction of sp³-hybridized carbons (Fsp3) is 0. The number of rotatable bonds is 0. The molecule has 114 valence electrons. The summed E-state index contributed by atoms with van der Waals surface area (Å²) >= 11 is 0. The van der Waals surface area contributed by atoms with Crippen LogP contribution in [0.3, 0.4) is 0 Å². The normalized spacial score (nSPS) is 9.33. The van der Waals surface area contributed by atoms with E-state index in [2.05, 4.69) is 23.7 Å². The Morgan fingerprint density at radius 2 is 0.708 bits per heavy atom. The second kappa shape index (κ2) is 7.09. The molecule has 0 fully saturated rings. The molecule has 3 rings (SSSR count). The first-order chi connectivity index (χ1) is 11.7. The molecule has 3 aromatic carbocycles. The van der Waals surface area contributed by atoms with Gasteiger partial charge in [-0.25, -0.2) is 0 Å². The van der Waals surface area contributed by atoms with Gasteiger partial charge in [-0.15, -0.1) is 0 Å². The number of aromatic hydroxyl groups is 2. The largest absolute Gasteiger partial charge is 0.507 e. The van der Waals surface area contributed by atoms with E-state index in [4.69, 9.17) is 0 Å². The number of hydrogen-bond donors (Lipinski definition) is 2. The summed E-state index contributed by atoms with van der Waals surface area (Å²) in [7, 11) is 0. The van der Waals surface area contributed by atoms with Crippen molar-refractivity contribution in [1.82, 2.24) is 0 Å². The Balaban J connectivity index is 1.96. The van der Waals surface area contributed by atoms with E-state index in [9.17, 15) is 10.2 Å². The Morgan fingerprint density at radius 1 is 0.417 bits per heavy atom. The van der Waals surface area contributed by atoms with Crippen LogP contribution >= 0.6 is 0 Å². The number of hydrogen-bond acceptors (Lipinski definition) is 2. The summed E-state index contributed by atoms with van der Waals surface area (Å²) in [5.41, 5.74) is 2.68. The van der Waals surface area contributed by atoms with Crippen molar-refractivity contribution in [3.05, 3.63) is 95.1 Å². The van der Waals surface area contributed by atoms with Crippen LogP contribution in [0.1, 0.15) is 22.3 Å². The summed E-state index contributed by atoms with van der Waals surface area (Å²) in [6.45, 7) is 0. The molecule has 24 heavy (non-hydrogen) atoms. The fourth-order valence-electron chi connectivity index (χ4n) is 2.13. The van der Waals surface area contributed by atoms with Gasteiger partial charge in [-0.05, 0) is 36.4 Å². The van der Waals surface area contributed by atoms with Crippen molar-refractivity contribution < 1.29 is 10.2 Å². The van der Waals surface area contributed by atoms with Gasteiger partial charge in [0.05, 0.1) is 11.1 Å². The Morgan fingerprint density at radius 3 is 1.08 bits per heavy atom. The molecule has 0 aliphatic heterocycles. The molecule has 2 heteroatoms. The van der Waals surface area contributed by atoms with E-state index in [1.54, 1.807) is 36.4 Å². The maximum Gasteiger partial charge on any atom is 0.131 e. The third-order valence-corrected chi connectivity index (χ3v) is 3.40. The van der Waals surface area contributed by atoms with Crippen LogP contribution in [0, 0.1) is 23.7 Å². The predicted molar refractivity (Wildman–Crippen MR) is 94.6 cm³/mol. The van der Waals surface area contributed by atoms with Crippen LogP contribution in [0.2, 0.25) is 0 Å². The highest BCUT2D eigenvalue weighted by Gasteiger charge is 1.98. The van der Waals surface area contributed by atoms with Gasteiger partial charge in [0.2, 0.25) is 0 Å². The molecule has 2 N–H and O–H groups in total. The molecule has 0 radical (unpaired) electrons. The lowest BCUT2D eigenvalue weighted by molar-refractivity contribution is 0.473. The molecule has 0 spiro atoms. The van der Waals surface area contributed by atoms with Gasteiger partial charge in [-0.3, -0.25) is 0 Å². The van der Waals surface area contributed by atoms with E-state index < -0.39 is 0 Å². The molecule has 0 saturated carbocycles. The van der Waals surface area contributed by atoms with Crippen molar-refractivity contribution in [2.24, 2.45) is 0 Å². The van der Waals surface area contributed by atoms with E-state index in [0.717, 1.165) is 11.1 Å². The van der Waals surface area contributed by atoms with Crippen molar-refractivity contribution in [3.63, 3.8) is 0 Å². The zero-order chi connectivity index (χ0) is 16.8. The van der Waals surface area contributed by atoms with Gasteiger partial charge in [-0.1, -0.05) is 60.1 Å². The lowest BCUT2D eigenvalue weighted by atomic mass is 10.1. The predicted octanol–water partition coefficient (Wildman–Crippen LogP) is 3.90. The molecule has 0 bridgehead atoms. The van der Waals surface area contributed by atoms with Crippen LogP contribution in [0.5, 0.6) is 11.5 Å². The second-order valence-corrected chi connectivity index (χ2v) is 5.08. The average molecular weight is 310 g/mol. The molecule has 0 aliphatic carbocycles. The summed E-state index contributed by atoms with van der Waals surface area (Å²) in [5, 5.41) is 19.6. The lowest BCUT2D eigenvalue weighted by Gasteiger charge is -1.97. The molecule has 0 saturated heterocycles. The van der Waals surface area contributed by atoms with Crippen LogP contribution in [0.25, 0.3) is 0 Å². The Kier molecular flexibility index (Phi) is 4.52. The van der Waals surface area contributed by atoms with Crippen molar-refractivity contribution >= 4 is 0 Å². The number of benzene rings is 3. The summed E-state index contributed by atoms with van der Waals surface area (Å²) < 4.78 is 0. The van der Waals surface area contributed by atoms with E-state index in [1.165, 1.54) is 0 Å². The van der Waals surface area contributed by atoms with Crippen molar-refractivity contribution in [3.8, 4) is 35.2 Å². The SMILES string of the molecule is Oc1ccccc1C#Cc1ccccc1C#Cc1ccccc1O. The molecule has 0 unspecified atom stereocenters. The first-order valence-corrected chi connectivity index (χ1v) is 7.43. The average Bonchev–Trinajstić information content (AvgIpc) is 2.61. The minimum atomic E-state index is 0.155. The van der Waals surface area contributed by atoms with E-state index in [1.807, 2.05) is 36.4 Å². The molecule has 2 nitrogen and oxygen atoms in total. The Hall–Kier alpha value is -3.62. The Labute approximate surface area is 141 Å². The van der Waals surface area contributed by atoms with Crippen LogP contribution < -0.4 is 0 Å². The summed E-state index contributed by atoms with van der Waals surface area (Å²) in [6, 6.07) is 21.4. The van der Waals surface area contributed by atoms with Crippen LogP contribution in [-0.2, 0) is 0 Å². The molecule has 0 amide bonds. The highest BCUT2D eigenvalue weighted by atomic mass is 16.3. The van der Waals surface area contributed by atoms with E-state index >= 15 is 0 Å². The lowest BCUT2D eigenvalue weighted by Crippen LogP contribution is -1.84. The summed E-state index contributed by atoms with van der Waals surface area (Å²) in [5.74, 6) is 12.3. The molecular weight excluding hydrogens is 296 g/mol. The minimum Gasteiger partial charge on any atom is -0.507 e.